The van der Waals surface area contributed by atoms with Crippen molar-refractivity contribution in [2.45, 2.75) is 13.5 Å². The van der Waals surface area contributed by atoms with Crippen LogP contribution < -0.4 is 10.1 Å². The van der Waals surface area contributed by atoms with Crippen LogP contribution in [0, 0.1) is 6.92 Å². The highest BCUT2D eigenvalue weighted by Gasteiger charge is 2.08. The second-order valence-corrected chi connectivity index (χ2v) is 5.12. The molecule has 0 aliphatic carbocycles. The molecule has 1 aromatic carbocycles. The van der Waals surface area contributed by atoms with Crippen LogP contribution in [0.1, 0.15) is 11.1 Å². The first-order valence-corrected chi connectivity index (χ1v) is 6.93. The van der Waals surface area contributed by atoms with E-state index in [1.165, 1.54) is 0 Å². The molecule has 6 heteroatoms. The molecular weight excluding hydrogens is 288 g/mol. The van der Waals surface area contributed by atoms with Gasteiger partial charge in [-0.3, -0.25) is 0 Å². The number of anilines is 1. The van der Waals surface area contributed by atoms with Crippen molar-refractivity contribution < 1.29 is 4.74 Å². The SMILES string of the molecule is COc1ccc(CNc2cc(Cl)nc3c(C)cnn23)cc1. The van der Waals surface area contributed by atoms with Gasteiger partial charge in [0.1, 0.15) is 16.7 Å². The average molecular weight is 303 g/mol. The fraction of sp³-hybridized carbons (Fsp3) is 0.200. The van der Waals surface area contributed by atoms with Crippen LogP contribution in [0.5, 0.6) is 5.75 Å². The number of ether oxygens (including phenoxy) is 1. The molecule has 2 heterocycles. The predicted molar refractivity (Wildman–Crippen MR) is 83.1 cm³/mol. The summed E-state index contributed by atoms with van der Waals surface area (Å²) in [5.41, 5.74) is 2.89. The molecule has 2 aromatic heterocycles. The number of fused-ring (bicyclic) bond motifs is 1. The normalized spacial score (nSPS) is 10.8. The van der Waals surface area contributed by atoms with E-state index in [0.717, 1.165) is 28.3 Å². The minimum absolute atomic E-state index is 0.448. The molecule has 0 amide bonds. The van der Waals surface area contributed by atoms with Crippen LogP contribution >= 0.6 is 11.6 Å². The van der Waals surface area contributed by atoms with Gasteiger partial charge in [0, 0.05) is 18.2 Å². The summed E-state index contributed by atoms with van der Waals surface area (Å²) in [6, 6.07) is 9.67. The van der Waals surface area contributed by atoms with Gasteiger partial charge in [0.25, 0.3) is 0 Å². The Balaban J connectivity index is 1.84. The van der Waals surface area contributed by atoms with Gasteiger partial charge in [-0.25, -0.2) is 4.98 Å². The van der Waals surface area contributed by atoms with E-state index in [0.29, 0.717) is 11.7 Å². The summed E-state index contributed by atoms with van der Waals surface area (Å²) in [7, 11) is 1.66. The number of hydrogen-bond donors (Lipinski definition) is 1. The van der Waals surface area contributed by atoms with Crippen molar-refractivity contribution >= 4 is 23.1 Å². The number of rotatable bonds is 4. The van der Waals surface area contributed by atoms with Crippen LogP contribution in [0.2, 0.25) is 5.15 Å². The van der Waals surface area contributed by atoms with E-state index >= 15 is 0 Å². The van der Waals surface area contributed by atoms with Gasteiger partial charge in [0.2, 0.25) is 0 Å². The van der Waals surface area contributed by atoms with Crippen LogP contribution in [0.3, 0.4) is 0 Å². The topological polar surface area (TPSA) is 51.5 Å². The monoisotopic (exact) mass is 302 g/mol. The second-order valence-electron chi connectivity index (χ2n) is 4.73. The molecule has 0 radical (unpaired) electrons. The Morgan fingerprint density at radius 3 is 2.76 bits per heavy atom. The molecule has 0 spiro atoms. The summed E-state index contributed by atoms with van der Waals surface area (Å²) in [4.78, 5) is 4.28. The Labute approximate surface area is 127 Å². The maximum Gasteiger partial charge on any atom is 0.161 e. The van der Waals surface area contributed by atoms with Gasteiger partial charge in [-0.1, -0.05) is 23.7 Å². The smallest absolute Gasteiger partial charge is 0.161 e. The first kappa shape index (κ1) is 13.7. The highest BCUT2D eigenvalue weighted by Crippen LogP contribution is 2.19. The van der Waals surface area contributed by atoms with E-state index in [1.807, 2.05) is 31.2 Å². The standard InChI is InChI=1S/C15H15ClN4O/c1-10-8-18-20-14(7-13(16)19-15(10)20)17-9-11-3-5-12(21-2)6-4-11/h3-8,17H,9H2,1-2H3. The van der Waals surface area contributed by atoms with Crippen molar-refractivity contribution in [1.82, 2.24) is 14.6 Å². The van der Waals surface area contributed by atoms with Crippen LogP contribution in [-0.4, -0.2) is 21.7 Å². The minimum atomic E-state index is 0.448. The number of hydrogen-bond acceptors (Lipinski definition) is 4. The maximum absolute atomic E-state index is 6.07. The van der Waals surface area contributed by atoms with Crippen molar-refractivity contribution in [3.63, 3.8) is 0 Å². The van der Waals surface area contributed by atoms with E-state index in [-0.39, 0.29) is 0 Å². The number of aryl methyl sites for hydroxylation is 1. The molecule has 0 bridgehead atoms. The molecule has 0 saturated heterocycles. The number of methoxy groups -OCH3 is 1. The summed E-state index contributed by atoms with van der Waals surface area (Å²) in [6.45, 7) is 2.62. The highest BCUT2D eigenvalue weighted by atomic mass is 35.5. The molecular formula is C15H15ClN4O. The lowest BCUT2D eigenvalue weighted by Gasteiger charge is -2.09. The van der Waals surface area contributed by atoms with Gasteiger partial charge < -0.3 is 10.1 Å². The molecule has 1 N–H and O–H groups in total. The third-order valence-electron chi connectivity index (χ3n) is 3.25. The molecule has 3 aromatic rings. The predicted octanol–water partition coefficient (Wildman–Crippen LogP) is 3.31. The van der Waals surface area contributed by atoms with Gasteiger partial charge in [-0.2, -0.15) is 9.61 Å². The molecule has 0 fully saturated rings. The number of halogens is 1. The quantitative estimate of drug-likeness (QED) is 0.751. The molecule has 0 atom stereocenters. The summed E-state index contributed by atoms with van der Waals surface area (Å²) in [5, 5.41) is 8.09. The Kier molecular flexibility index (Phi) is 3.66. The largest absolute Gasteiger partial charge is 0.497 e. The van der Waals surface area contributed by atoms with Gasteiger partial charge in [0.15, 0.2) is 5.65 Å². The average Bonchev–Trinajstić information content (AvgIpc) is 2.87. The van der Waals surface area contributed by atoms with Gasteiger partial charge in [0.05, 0.1) is 13.3 Å². The summed E-state index contributed by atoms with van der Waals surface area (Å²) >= 11 is 6.07. The lowest BCUT2D eigenvalue weighted by Crippen LogP contribution is -2.06. The van der Waals surface area contributed by atoms with Gasteiger partial charge >= 0.3 is 0 Å². The van der Waals surface area contributed by atoms with Crippen molar-refractivity contribution in [2.75, 3.05) is 12.4 Å². The molecule has 5 nitrogen and oxygen atoms in total. The first-order chi connectivity index (χ1) is 10.2. The maximum atomic E-state index is 6.07. The third kappa shape index (κ3) is 2.78. The van der Waals surface area contributed by atoms with Crippen molar-refractivity contribution in [3.05, 3.63) is 52.8 Å². The minimum Gasteiger partial charge on any atom is -0.497 e. The van der Waals surface area contributed by atoms with Crippen LogP contribution in [0.15, 0.2) is 36.5 Å². The van der Waals surface area contributed by atoms with Crippen LogP contribution in [0.4, 0.5) is 5.82 Å². The summed E-state index contributed by atoms with van der Waals surface area (Å²) in [6.07, 6.45) is 1.78. The van der Waals surface area contributed by atoms with Crippen molar-refractivity contribution in [3.8, 4) is 5.75 Å². The molecule has 108 valence electrons. The Morgan fingerprint density at radius 1 is 1.29 bits per heavy atom. The molecule has 0 aliphatic heterocycles. The fourth-order valence-electron chi connectivity index (χ4n) is 2.10. The lowest BCUT2D eigenvalue weighted by atomic mass is 10.2. The zero-order valence-corrected chi connectivity index (χ0v) is 12.6. The third-order valence-corrected chi connectivity index (χ3v) is 3.44. The zero-order valence-electron chi connectivity index (χ0n) is 11.8. The Hall–Kier alpha value is -2.27. The van der Waals surface area contributed by atoms with Crippen molar-refractivity contribution in [1.29, 1.82) is 0 Å². The summed E-state index contributed by atoms with van der Waals surface area (Å²) < 4.78 is 6.90. The summed E-state index contributed by atoms with van der Waals surface area (Å²) in [5.74, 6) is 1.66. The van der Waals surface area contributed by atoms with E-state index < -0.39 is 0 Å². The molecule has 0 saturated carbocycles. The van der Waals surface area contributed by atoms with Gasteiger partial charge in [-0.15, -0.1) is 0 Å². The second kappa shape index (κ2) is 5.61. The number of aromatic nitrogens is 3. The first-order valence-electron chi connectivity index (χ1n) is 6.55. The molecule has 3 rings (SSSR count). The lowest BCUT2D eigenvalue weighted by molar-refractivity contribution is 0.414. The number of nitrogens with one attached hydrogen (secondary N) is 1. The molecule has 0 unspecified atom stereocenters. The highest BCUT2D eigenvalue weighted by molar-refractivity contribution is 6.29. The molecule has 21 heavy (non-hydrogen) atoms. The Morgan fingerprint density at radius 2 is 2.05 bits per heavy atom. The number of nitrogens with zero attached hydrogens (tertiary/aromatic N) is 3. The van der Waals surface area contributed by atoms with Crippen LogP contribution in [0.25, 0.3) is 5.65 Å². The van der Waals surface area contributed by atoms with Crippen molar-refractivity contribution in [2.24, 2.45) is 0 Å². The molecule has 0 aliphatic rings. The number of benzene rings is 1. The van der Waals surface area contributed by atoms with Gasteiger partial charge in [-0.05, 0) is 24.6 Å². The fourth-order valence-corrected chi connectivity index (χ4v) is 2.29. The van der Waals surface area contributed by atoms with Crippen LogP contribution in [-0.2, 0) is 6.54 Å². The van der Waals surface area contributed by atoms with E-state index in [1.54, 1.807) is 23.9 Å². The zero-order chi connectivity index (χ0) is 14.8. The van der Waals surface area contributed by atoms with E-state index in [2.05, 4.69) is 15.4 Å². The van der Waals surface area contributed by atoms with E-state index in [9.17, 15) is 0 Å². The Bertz CT molecular complexity index is 767. The van der Waals surface area contributed by atoms with E-state index in [4.69, 9.17) is 16.3 Å².